The molecule has 162 valence electrons. The van der Waals surface area contributed by atoms with Gasteiger partial charge in [0, 0.05) is 18.0 Å². The topological polar surface area (TPSA) is 54.4 Å². The molecule has 3 atom stereocenters. The van der Waals surface area contributed by atoms with Gasteiger partial charge in [-0.3, -0.25) is 9.78 Å². The van der Waals surface area contributed by atoms with Gasteiger partial charge >= 0.3 is 0 Å². The Morgan fingerprint density at radius 2 is 2.22 bits per heavy atom. The van der Waals surface area contributed by atoms with Crippen LogP contribution in [0.25, 0.3) is 16.5 Å². The molecular weight excluding hydrogens is 401 g/mol. The lowest BCUT2D eigenvalue weighted by Gasteiger charge is -2.13. The van der Waals surface area contributed by atoms with Crippen LogP contribution < -0.4 is 5.32 Å². The van der Waals surface area contributed by atoms with E-state index in [0.29, 0.717) is 30.0 Å². The number of carbonyl (C=O) groups is 1. The molecule has 0 aliphatic heterocycles. The van der Waals surface area contributed by atoms with Gasteiger partial charge in [0.05, 0.1) is 5.52 Å². The molecule has 1 fully saturated rings. The Labute approximate surface area is 188 Å². The first-order valence-corrected chi connectivity index (χ1v) is 10.8. The summed E-state index contributed by atoms with van der Waals surface area (Å²) < 4.78 is 13.8. The predicted octanol–water partition coefficient (Wildman–Crippen LogP) is 5.43. The van der Waals surface area contributed by atoms with E-state index in [1.54, 1.807) is 30.5 Å². The number of nitrogens with one attached hydrogen (secondary N) is 1. The lowest BCUT2D eigenvalue weighted by Crippen LogP contribution is -2.23. The molecular formula is C27H26FN3O. The predicted molar refractivity (Wildman–Crippen MR) is 127 cm³/mol. The molecule has 0 saturated heterocycles. The number of aliphatic imine (C=N–C) groups is 1. The van der Waals surface area contributed by atoms with Crippen LogP contribution in [0, 0.1) is 35.9 Å². The fraction of sp³-hybridized carbons (Fsp3) is 0.296. The lowest BCUT2D eigenvalue weighted by molar-refractivity contribution is -0.121. The van der Waals surface area contributed by atoms with Gasteiger partial charge in [0.1, 0.15) is 11.6 Å². The number of nitrogens with zero attached hydrogens (tertiary/aromatic N) is 2. The Morgan fingerprint density at radius 3 is 2.97 bits per heavy atom. The van der Waals surface area contributed by atoms with Gasteiger partial charge in [-0.15, -0.1) is 6.42 Å². The molecule has 1 N–H and O–H groups in total. The van der Waals surface area contributed by atoms with E-state index in [1.807, 2.05) is 13.0 Å². The zero-order valence-corrected chi connectivity index (χ0v) is 18.1. The molecule has 1 heterocycles. The Balaban J connectivity index is 1.40. The van der Waals surface area contributed by atoms with Crippen LogP contribution in [0.15, 0.2) is 65.1 Å². The Kier molecular flexibility index (Phi) is 6.32. The van der Waals surface area contributed by atoms with Gasteiger partial charge < -0.3 is 5.32 Å². The van der Waals surface area contributed by atoms with Crippen LogP contribution >= 0.6 is 0 Å². The van der Waals surface area contributed by atoms with Crippen molar-refractivity contribution >= 4 is 29.1 Å². The average Bonchev–Trinajstić information content (AvgIpc) is 3.34. The number of rotatable bonds is 6. The number of hydrogen-bond acceptors (Lipinski definition) is 3. The van der Waals surface area contributed by atoms with Crippen molar-refractivity contribution in [3.05, 3.63) is 71.5 Å². The van der Waals surface area contributed by atoms with E-state index in [1.165, 1.54) is 11.6 Å². The second-order valence-corrected chi connectivity index (χ2v) is 8.63. The number of pyridine rings is 1. The van der Waals surface area contributed by atoms with Gasteiger partial charge in [-0.1, -0.05) is 12.0 Å². The van der Waals surface area contributed by atoms with Gasteiger partial charge in [0.2, 0.25) is 5.91 Å². The number of allylic oxidation sites excluding steroid dienone is 5. The first kappa shape index (κ1) is 21.7. The van der Waals surface area contributed by atoms with Crippen LogP contribution in [-0.4, -0.2) is 17.6 Å². The highest BCUT2D eigenvalue weighted by atomic mass is 19.1. The number of halogens is 1. The van der Waals surface area contributed by atoms with Crippen molar-refractivity contribution in [1.29, 1.82) is 0 Å². The van der Waals surface area contributed by atoms with Crippen molar-refractivity contribution in [3.63, 3.8) is 0 Å². The second-order valence-electron chi connectivity index (χ2n) is 8.63. The fourth-order valence-electron chi connectivity index (χ4n) is 4.93. The lowest BCUT2D eigenvalue weighted by atomic mass is 9.94. The summed E-state index contributed by atoms with van der Waals surface area (Å²) in [6.07, 6.45) is 16.2. The average molecular weight is 428 g/mol. The molecule has 0 bridgehead atoms. The smallest absolute Gasteiger partial charge is 0.225 e. The number of fused-ring (bicyclic) bond motifs is 2. The largest absolute Gasteiger partial charge is 0.311 e. The van der Waals surface area contributed by atoms with Gasteiger partial charge in [-0.05, 0) is 104 Å². The van der Waals surface area contributed by atoms with E-state index < -0.39 is 0 Å². The molecule has 1 aromatic carbocycles. The van der Waals surface area contributed by atoms with E-state index in [9.17, 15) is 9.18 Å². The van der Waals surface area contributed by atoms with Crippen LogP contribution in [0.4, 0.5) is 4.39 Å². The molecule has 4 rings (SSSR count). The zero-order chi connectivity index (χ0) is 22.7. The summed E-state index contributed by atoms with van der Waals surface area (Å²) in [5.41, 5.74) is 3.89. The number of aromatic nitrogens is 1. The molecule has 32 heavy (non-hydrogen) atoms. The number of amides is 1. The maximum absolute atomic E-state index is 13.8. The minimum Gasteiger partial charge on any atom is -0.311 e. The van der Waals surface area contributed by atoms with E-state index in [-0.39, 0.29) is 11.7 Å². The summed E-state index contributed by atoms with van der Waals surface area (Å²) in [5, 5.41) is 3.68. The minimum atomic E-state index is -0.246. The summed E-state index contributed by atoms with van der Waals surface area (Å²) in [4.78, 5) is 20.7. The molecule has 1 aromatic heterocycles. The third-order valence-corrected chi connectivity index (χ3v) is 6.42. The number of hydrogen-bond donors (Lipinski definition) is 1. The highest BCUT2D eigenvalue weighted by Crippen LogP contribution is 2.49. The number of terminal acetylenes is 1. The summed E-state index contributed by atoms with van der Waals surface area (Å²) in [5.74, 6) is 3.93. The van der Waals surface area contributed by atoms with Crippen LogP contribution in [0.2, 0.25) is 0 Å². The molecule has 0 unspecified atom stereocenters. The summed E-state index contributed by atoms with van der Waals surface area (Å²) in [6, 6.07) is 6.72. The quantitative estimate of drug-likeness (QED) is 0.380. The molecule has 5 heteroatoms. The monoisotopic (exact) mass is 427 g/mol. The number of benzene rings is 1. The van der Waals surface area contributed by atoms with E-state index >= 15 is 0 Å². The molecule has 2 aliphatic carbocycles. The summed E-state index contributed by atoms with van der Waals surface area (Å²) >= 11 is 0. The first-order valence-electron chi connectivity index (χ1n) is 10.8. The van der Waals surface area contributed by atoms with Crippen molar-refractivity contribution in [1.82, 2.24) is 10.3 Å². The van der Waals surface area contributed by atoms with Crippen LogP contribution in [0.3, 0.4) is 0 Å². The molecule has 0 radical (unpaired) electrons. The minimum absolute atomic E-state index is 0.0554. The summed E-state index contributed by atoms with van der Waals surface area (Å²) in [7, 11) is 0. The Hall–Kier alpha value is -3.52. The molecule has 4 nitrogen and oxygen atoms in total. The van der Waals surface area contributed by atoms with E-state index in [0.717, 1.165) is 41.3 Å². The highest BCUT2D eigenvalue weighted by molar-refractivity contribution is 5.92. The third-order valence-electron chi connectivity index (χ3n) is 6.42. The Bertz CT molecular complexity index is 1200. The van der Waals surface area contributed by atoms with Crippen molar-refractivity contribution in [2.75, 3.05) is 0 Å². The van der Waals surface area contributed by atoms with Gasteiger partial charge in [-0.25, -0.2) is 9.38 Å². The highest BCUT2D eigenvalue weighted by Gasteiger charge is 2.38. The van der Waals surface area contributed by atoms with Crippen molar-refractivity contribution in [2.24, 2.45) is 22.7 Å². The maximum atomic E-state index is 13.8. The van der Waals surface area contributed by atoms with E-state index in [4.69, 9.17) is 6.42 Å². The first-order chi connectivity index (χ1) is 15.5. The standard InChI is InChI=1S/C27H26FN3O/c1-4-17(2)5-8-26(29-3)31-27(32)13-18-11-19-14-21(15-20(19)12-18)23-9-10-30-25-7-6-22(28)16-24(23)25/h1,5-10,14,16,18-20H,3,11-13,15H2,2H3,(H,31,32)/b17-5+,26-8+/t18-,19-,20+/m0/s1. The summed E-state index contributed by atoms with van der Waals surface area (Å²) in [6.45, 7) is 5.32. The van der Waals surface area contributed by atoms with Gasteiger partial charge in [0.25, 0.3) is 0 Å². The number of carbonyl (C=O) groups excluding carboxylic acids is 1. The molecule has 2 aliphatic rings. The van der Waals surface area contributed by atoms with Gasteiger partial charge in [0.15, 0.2) is 0 Å². The van der Waals surface area contributed by atoms with Crippen LogP contribution in [0.1, 0.15) is 38.2 Å². The van der Waals surface area contributed by atoms with Crippen molar-refractivity contribution in [3.8, 4) is 12.3 Å². The van der Waals surface area contributed by atoms with Crippen molar-refractivity contribution < 1.29 is 9.18 Å². The molecule has 0 spiro atoms. The Morgan fingerprint density at radius 1 is 1.38 bits per heavy atom. The van der Waals surface area contributed by atoms with Gasteiger partial charge in [-0.2, -0.15) is 0 Å². The normalized spacial score (nSPS) is 22.9. The zero-order valence-electron chi connectivity index (χ0n) is 18.1. The fourth-order valence-corrected chi connectivity index (χ4v) is 4.93. The molecule has 1 saturated carbocycles. The van der Waals surface area contributed by atoms with Crippen molar-refractivity contribution in [2.45, 2.75) is 32.6 Å². The maximum Gasteiger partial charge on any atom is 0.225 e. The second kappa shape index (κ2) is 9.32. The SMILES string of the molecule is C#C/C(C)=C/C=C(\N=C)NC(=O)C[C@@H]1C[C@@H]2CC(c3ccnc4ccc(F)cc34)=C[C@@H]2C1. The van der Waals surface area contributed by atoms with E-state index in [2.05, 4.69) is 34.0 Å². The van der Waals surface area contributed by atoms with Crippen LogP contribution in [0.5, 0.6) is 0 Å². The molecule has 1 amide bonds. The third kappa shape index (κ3) is 4.70. The van der Waals surface area contributed by atoms with Crippen LogP contribution in [-0.2, 0) is 4.79 Å². The molecule has 2 aromatic rings.